The van der Waals surface area contributed by atoms with Gasteiger partial charge in [-0.1, -0.05) is 29.8 Å². The van der Waals surface area contributed by atoms with Crippen molar-refractivity contribution < 1.29 is 18.7 Å². The molecule has 1 aromatic heterocycles. The van der Waals surface area contributed by atoms with Gasteiger partial charge in [0.15, 0.2) is 5.58 Å². The van der Waals surface area contributed by atoms with Gasteiger partial charge in [-0.25, -0.2) is 4.79 Å². The van der Waals surface area contributed by atoms with Crippen LogP contribution in [0, 0.1) is 0 Å². The number of fused-ring (bicyclic) bond motifs is 1. The molecule has 1 amide bonds. The van der Waals surface area contributed by atoms with E-state index in [-0.39, 0.29) is 5.91 Å². The quantitative estimate of drug-likeness (QED) is 0.303. The number of nitrogens with zero attached hydrogens (tertiary/aromatic N) is 2. The van der Waals surface area contributed by atoms with Crippen LogP contribution in [0.25, 0.3) is 11.1 Å². The lowest BCUT2D eigenvalue weighted by Crippen LogP contribution is -2.39. The summed E-state index contributed by atoms with van der Waals surface area (Å²) in [6.07, 6.45) is 0. The number of benzene rings is 3. The van der Waals surface area contributed by atoms with Crippen LogP contribution in [0.15, 0.2) is 71.1 Å². The fourth-order valence-electron chi connectivity index (χ4n) is 3.20. The average Bonchev–Trinajstić information content (AvgIpc) is 3.26. The van der Waals surface area contributed by atoms with E-state index in [1.54, 1.807) is 54.5 Å². The van der Waals surface area contributed by atoms with Crippen molar-refractivity contribution in [1.29, 1.82) is 0 Å². The minimum absolute atomic E-state index is 0.312. The van der Waals surface area contributed by atoms with Crippen LogP contribution in [0.2, 0.25) is 5.02 Å². The first-order valence-corrected chi connectivity index (χ1v) is 10.4. The zero-order valence-electron chi connectivity index (χ0n) is 18.0. The van der Waals surface area contributed by atoms with Gasteiger partial charge in [0, 0.05) is 18.6 Å². The molecule has 2 N–H and O–H groups in total. The molecule has 0 atom stereocenters. The van der Waals surface area contributed by atoms with E-state index in [2.05, 4.69) is 15.7 Å². The van der Waals surface area contributed by atoms with E-state index in [9.17, 15) is 9.59 Å². The van der Waals surface area contributed by atoms with Crippen molar-refractivity contribution in [3.05, 3.63) is 88.4 Å². The van der Waals surface area contributed by atoms with Crippen LogP contribution in [-0.2, 0) is 11.3 Å². The molecule has 9 heteroatoms. The zero-order valence-corrected chi connectivity index (χ0v) is 18.7. The number of carbonyl (C=O) groups excluding carboxylic acids is 2. The van der Waals surface area contributed by atoms with Crippen LogP contribution in [0.1, 0.15) is 26.3 Å². The van der Waals surface area contributed by atoms with Crippen molar-refractivity contribution in [2.45, 2.75) is 6.54 Å². The number of ether oxygens (including phenoxy) is 1. The topological polar surface area (TPSA) is 96.7 Å². The molecule has 4 rings (SSSR count). The summed E-state index contributed by atoms with van der Waals surface area (Å²) in [5, 5.41) is 5.34. The molecule has 8 nitrogen and oxygen atoms in total. The number of hydrogen-bond donors (Lipinski definition) is 2. The van der Waals surface area contributed by atoms with Gasteiger partial charge in [0.25, 0.3) is 11.9 Å². The highest BCUT2D eigenvalue weighted by molar-refractivity contribution is 6.30. The molecule has 0 spiro atoms. The maximum absolute atomic E-state index is 12.9. The molecule has 0 fully saturated rings. The maximum Gasteiger partial charge on any atom is 0.337 e. The number of nitrogens with one attached hydrogen (secondary N) is 2. The van der Waals surface area contributed by atoms with Crippen molar-refractivity contribution in [1.82, 2.24) is 10.4 Å². The van der Waals surface area contributed by atoms with Crippen LogP contribution >= 0.6 is 11.6 Å². The van der Waals surface area contributed by atoms with Gasteiger partial charge < -0.3 is 14.5 Å². The summed E-state index contributed by atoms with van der Waals surface area (Å²) >= 11 is 5.92. The van der Waals surface area contributed by atoms with Gasteiger partial charge in [-0.15, -0.1) is 0 Å². The second-order valence-electron chi connectivity index (χ2n) is 7.19. The summed E-state index contributed by atoms with van der Waals surface area (Å²) in [6, 6.07) is 19.6. The zero-order chi connectivity index (χ0) is 23.4. The second kappa shape index (κ2) is 9.62. The highest BCUT2D eigenvalue weighted by Crippen LogP contribution is 2.24. The lowest BCUT2D eigenvalue weighted by molar-refractivity contribution is 0.0600. The predicted molar refractivity (Wildman–Crippen MR) is 126 cm³/mol. The Balaban J connectivity index is 1.47. The minimum Gasteiger partial charge on any atom is -0.465 e. The second-order valence-corrected chi connectivity index (χ2v) is 7.63. The minimum atomic E-state index is -0.425. The molecule has 3 aromatic carbocycles. The molecule has 0 saturated heterocycles. The summed E-state index contributed by atoms with van der Waals surface area (Å²) in [6.45, 7) is 0.496. The Morgan fingerprint density at radius 2 is 1.79 bits per heavy atom. The Kier molecular flexibility index (Phi) is 6.46. The number of para-hydroxylation sites is 1. The Morgan fingerprint density at radius 1 is 1.06 bits per heavy atom. The summed E-state index contributed by atoms with van der Waals surface area (Å²) < 4.78 is 10.5. The number of aromatic nitrogens is 1. The number of anilines is 2. The van der Waals surface area contributed by atoms with Gasteiger partial charge in [-0.3, -0.25) is 15.2 Å². The van der Waals surface area contributed by atoms with Crippen LogP contribution in [-0.4, -0.2) is 31.0 Å². The number of hydrazine groups is 1. The molecule has 0 aliphatic rings. The molecule has 0 aliphatic carbocycles. The molecule has 0 radical (unpaired) electrons. The molecular weight excluding hydrogens is 444 g/mol. The third-order valence-corrected chi connectivity index (χ3v) is 5.21. The standard InChI is InChI=1S/C24H21ClN4O4/c1-29(18-12-8-16(9-13-18)23(31)32-2)28-22(30)19-4-3-5-20-21(19)33-24(27-20)26-14-15-6-10-17(25)11-7-15/h3-13H,14H2,1-2H3,(H,26,27)(H,28,30). The monoisotopic (exact) mass is 464 g/mol. The number of hydrogen-bond acceptors (Lipinski definition) is 7. The first-order chi connectivity index (χ1) is 15.9. The van der Waals surface area contributed by atoms with E-state index in [0.717, 1.165) is 5.56 Å². The largest absolute Gasteiger partial charge is 0.465 e. The van der Waals surface area contributed by atoms with Crippen LogP contribution in [0.4, 0.5) is 11.7 Å². The Hall–Kier alpha value is -4.04. The van der Waals surface area contributed by atoms with E-state index in [1.165, 1.54) is 7.11 Å². The van der Waals surface area contributed by atoms with Gasteiger partial charge in [0.05, 0.1) is 23.9 Å². The lowest BCUT2D eigenvalue weighted by atomic mass is 10.2. The highest BCUT2D eigenvalue weighted by Gasteiger charge is 2.17. The fraction of sp³-hybridized carbons (Fsp3) is 0.125. The fourth-order valence-corrected chi connectivity index (χ4v) is 3.33. The van der Waals surface area contributed by atoms with Gasteiger partial charge >= 0.3 is 5.97 Å². The highest BCUT2D eigenvalue weighted by atomic mass is 35.5. The van der Waals surface area contributed by atoms with Gasteiger partial charge in [0.1, 0.15) is 5.52 Å². The number of methoxy groups -OCH3 is 1. The molecular formula is C24H21ClN4O4. The number of rotatable bonds is 7. The number of carbonyl (C=O) groups is 2. The van der Waals surface area contributed by atoms with E-state index in [0.29, 0.717) is 45.5 Å². The number of esters is 1. The SMILES string of the molecule is COC(=O)c1ccc(N(C)NC(=O)c2cccc3nc(NCc4ccc(Cl)cc4)oc23)cc1. The average molecular weight is 465 g/mol. The lowest BCUT2D eigenvalue weighted by Gasteiger charge is -2.20. The van der Waals surface area contributed by atoms with E-state index in [4.69, 9.17) is 20.8 Å². The predicted octanol–water partition coefficient (Wildman–Crippen LogP) is 4.66. The molecule has 168 valence electrons. The third kappa shape index (κ3) is 5.07. The Bertz CT molecular complexity index is 1290. The number of amides is 1. The molecule has 4 aromatic rings. The van der Waals surface area contributed by atoms with Crippen LogP contribution in [0.5, 0.6) is 0 Å². The van der Waals surface area contributed by atoms with E-state index in [1.807, 2.05) is 24.3 Å². The molecule has 0 bridgehead atoms. The normalized spacial score (nSPS) is 10.6. The number of halogens is 1. The molecule has 0 aliphatic heterocycles. The van der Waals surface area contributed by atoms with Crippen molar-refractivity contribution in [3.8, 4) is 0 Å². The van der Waals surface area contributed by atoms with Crippen molar-refractivity contribution in [2.75, 3.05) is 24.5 Å². The summed E-state index contributed by atoms with van der Waals surface area (Å²) in [5.41, 5.74) is 6.20. The first-order valence-electron chi connectivity index (χ1n) is 10.1. The van der Waals surface area contributed by atoms with Crippen molar-refractivity contribution >= 4 is 46.3 Å². The third-order valence-electron chi connectivity index (χ3n) is 4.96. The molecule has 33 heavy (non-hydrogen) atoms. The summed E-state index contributed by atoms with van der Waals surface area (Å²) in [5.74, 6) is -0.786. The van der Waals surface area contributed by atoms with Gasteiger partial charge in [-0.2, -0.15) is 4.98 Å². The summed E-state index contributed by atoms with van der Waals surface area (Å²) in [7, 11) is 3.02. The summed E-state index contributed by atoms with van der Waals surface area (Å²) in [4.78, 5) is 28.9. The number of oxazole rings is 1. The maximum atomic E-state index is 12.9. The Morgan fingerprint density at radius 3 is 2.48 bits per heavy atom. The smallest absolute Gasteiger partial charge is 0.337 e. The van der Waals surface area contributed by atoms with Gasteiger partial charge in [0.2, 0.25) is 0 Å². The van der Waals surface area contributed by atoms with E-state index >= 15 is 0 Å². The van der Waals surface area contributed by atoms with Gasteiger partial charge in [-0.05, 0) is 54.1 Å². The molecule has 1 heterocycles. The first kappa shape index (κ1) is 22.2. The van der Waals surface area contributed by atoms with E-state index < -0.39 is 5.97 Å². The molecule has 0 saturated carbocycles. The molecule has 0 unspecified atom stereocenters. The van der Waals surface area contributed by atoms with Crippen molar-refractivity contribution in [2.24, 2.45) is 0 Å². The Labute approximate surface area is 195 Å². The van der Waals surface area contributed by atoms with Crippen LogP contribution in [0.3, 0.4) is 0 Å². The van der Waals surface area contributed by atoms with Crippen molar-refractivity contribution in [3.63, 3.8) is 0 Å². The van der Waals surface area contributed by atoms with Crippen LogP contribution < -0.4 is 15.8 Å².